The highest BCUT2D eigenvalue weighted by atomic mass is 127. The van der Waals surface area contributed by atoms with Gasteiger partial charge in [0, 0.05) is 41.4 Å². The van der Waals surface area contributed by atoms with Crippen LogP contribution >= 0.6 is 28.4 Å². The second-order valence-corrected chi connectivity index (χ2v) is 5.91. The molecule has 0 spiro atoms. The molecule has 0 amide bonds. The summed E-state index contributed by atoms with van der Waals surface area (Å²) in [6.07, 6.45) is 0.450. The van der Waals surface area contributed by atoms with Crippen molar-refractivity contribution in [1.82, 2.24) is 0 Å². The first-order valence-electron chi connectivity index (χ1n) is 5.20. The normalized spacial score (nSPS) is 15.6. The van der Waals surface area contributed by atoms with Gasteiger partial charge in [0.2, 0.25) is 0 Å². The summed E-state index contributed by atoms with van der Waals surface area (Å²) in [5, 5.41) is 22.0. The molecule has 1 atom stereocenters. The molecule has 1 saturated heterocycles. The average molecular weight is 379 g/mol. The molecule has 1 fully saturated rings. The minimum Gasteiger partial charge on any atom is -0.380 e. The molecule has 96 valence electrons. The molecule has 2 rings (SSSR count). The lowest BCUT2D eigenvalue weighted by atomic mass is 9.94. The summed E-state index contributed by atoms with van der Waals surface area (Å²) in [7, 11) is 0. The molecule has 0 saturated carbocycles. The summed E-state index contributed by atoms with van der Waals surface area (Å²) < 4.78 is 5.06. The molecule has 0 radical (unpaired) electrons. The summed E-state index contributed by atoms with van der Waals surface area (Å²) in [6.45, 7) is 1.04. The third-order valence-corrected chi connectivity index (χ3v) is 3.91. The SMILES string of the molecule is N=C(c1cc([N+](=O)[O-])ccc1NPI)C1COC1. The van der Waals surface area contributed by atoms with E-state index >= 15 is 0 Å². The van der Waals surface area contributed by atoms with Gasteiger partial charge >= 0.3 is 0 Å². The van der Waals surface area contributed by atoms with Gasteiger partial charge in [0.25, 0.3) is 5.69 Å². The van der Waals surface area contributed by atoms with Crippen molar-refractivity contribution >= 4 is 45.5 Å². The van der Waals surface area contributed by atoms with E-state index in [4.69, 9.17) is 10.1 Å². The Morgan fingerprint density at radius 2 is 2.33 bits per heavy atom. The van der Waals surface area contributed by atoms with Crippen LogP contribution in [0.25, 0.3) is 0 Å². The summed E-state index contributed by atoms with van der Waals surface area (Å²) in [6, 6.07) is 4.57. The van der Waals surface area contributed by atoms with E-state index in [1.807, 2.05) is 0 Å². The molecule has 1 heterocycles. The van der Waals surface area contributed by atoms with Gasteiger partial charge in [-0.05, 0) is 28.1 Å². The molecule has 0 aliphatic carbocycles. The van der Waals surface area contributed by atoms with E-state index < -0.39 is 4.92 Å². The quantitative estimate of drug-likeness (QED) is 0.271. The number of nitrogens with zero attached hydrogens (tertiary/aromatic N) is 1. The number of non-ortho nitro benzene ring substituents is 1. The van der Waals surface area contributed by atoms with Gasteiger partial charge in [-0.3, -0.25) is 10.1 Å². The van der Waals surface area contributed by atoms with E-state index in [9.17, 15) is 10.1 Å². The van der Waals surface area contributed by atoms with Crippen molar-refractivity contribution in [2.24, 2.45) is 5.92 Å². The Balaban J connectivity index is 2.36. The van der Waals surface area contributed by atoms with Crippen LogP contribution in [-0.2, 0) is 4.74 Å². The number of nitro groups is 1. The molecule has 2 N–H and O–H groups in total. The third kappa shape index (κ3) is 2.78. The summed E-state index contributed by atoms with van der Waals surface area (Å²) >= 11 is 2.18. The molecular formula is C10H11IN3O3P. The van der Waals surface area contributed by atoms with Crippen molar-refractivity contribution in [1.29, 1.82) is 5.41 Å². The van der Waals surface area contributed by atoms with Crippen LogP contribution in [0.15, 0.2) is 18.2 Å². The predicted octanol–water partition coefficient (Wildman–Crippen LogP) is 2.96. The third-order valence-electron chi connectivity index (χ3n) is 2.73. The molecule has 1 aromatic rings. The second kappa shape index (κ2) is 5.90. The number of hydrogen-bond acceptors (Lipinski definition) is 5. The van der Waals surface area contributed by atoms with Crippen LogP contribution in [0.1, 0.15) is 5.56 Å². The molecule has 1 aliphatic rings. The molecule has 1 aromatic carbocycles. The Labute approximate surface area is 118 Å². The van der Waals surface area contributed by atoms with Crippen molar-refractivity contribution in [3.05, 3.63) is 33.9 Å². The molecule has 6 nitrogen and oxygen atoms in total. The average Bonchev–Trinajstić information content (AvgIpc) is 2.27. The van der Waals surface area contributed by atoms with Gasteiger partial charge in [0.15, 0.2) is 0 Å². The van der Waals surface area contributed by atoms with Crippen LogP contribution < -0.4 is 5.09 Å². The van der Waals surface area contributed by atoms with Gasteiger partial charge in [0.05, 0.1) is 18.1 Å². The van der Waals surface area contributed by atoms with E-state index in [1.165, 1.54) is 12.1 Å². The zero-order valence-corrected chi connectivity index (χ0v) is 12.4. The van der Waals surface area contributed by atoms with Crippen LogP contribution in [0, 0.1) is 21.4 Å². The van der Waals surface area contributed by atoms with Crippen molar-refractivity contribution < 1.29 is 9.66 Å². The van der Waals surface area contributed by atoms with Crippen LogP contribution in [0.5, 0.6) is 0 Å². The molecule has 8 heteroatoms. The first-order valence-corrected chi connectivity index (χ1v) is 9.31. The highest BCUT2D eigenvalue weighted by Crippen LogP contribution is 2.31. The van der Waals surface area contributed by atoms with Crippen molar-refractivity contribution in [2.45, 2.75) is 0 Å². The van der Waals surface area contributed by atoms with Crippen LogP contribution in [0.3, 0.4) is 0 Å². The zero-order valence-electron chi connectivity index (χ0n) is 9.27. The largest absolute Gasteiger partial charge is 0.380 e. The number of benzene rings is 1. The van der Waals surface area contributed by atoms with Gasteiger partial charge in [-0.2, -0.15) is 0 Å². The maximum atomic E-state index is 10.8. The topological polar surface area (TPSA) is 88.2 Å². The molecule has 18 heavy (non-hydrogen) atoms. The minimum absolute atomic E-state index is 0.0114. The second-order valence-electron chi connectivity index (χ2n) is 3.85. The fourth-order valence-electron chi connectivity index (χ4n) is 1.65. The Hall–Kier alpha value is -0.790. The summed E-state index contributed by atoms with van der Waals surface area (Å²) in [4.78, 5) is 10.3. The Morgan fingerprint density at radius 3 is 2.83 bits per heavy atom. The first-order chi connectivity index (χ1) is 8.63. The van der Waals surface area contributed by atoms with Gasteiger partial charge in [-0.15, -0.1) is 0 Å². The number of hydrogen-bond donors (Lipinski definition) is 2. The number of nitro benzene ring substituents is 1. The maximum Gasteiger partial charge on any atom is 0.270 e. The first kappa shape index (κ1) is 13.6. The number of rotatable bonds is 5. The molecule has 1 unspecified atom stereocenters. The van der Waals surface area contributed by atoms with Crippen molar-refractivity contribution in [2.75, 3.05) is 18.3 Å². The number of halogens is 1. The van der Waals surface area contributed by atoms with E-state index in [-0.39, 0.29) is 11.6 Å². The summed E-state index contributed by atoms with van der Waals surface area (Å²) in [5.74, 6) is 0.0464. The Kier molecular flexibility index (Phi) is 4.47. The lowest BCUT2D eigenvalue weighted by Crippen LogP contribution is -2.35. The fraction of sp³-hybridized carbons (Fsp3) is 0.300. The highest BCUT2D eigenvalue weighted by molar-refractivity contribution is 14.2. The molecule has 0 bridgehead atoms. The van der Waals surface area contributed by atoms with E-state index in [1.54, 1.807) is 6.07 Å². The Bertz CT molecular complexity index is 493. The molecular weight excluding hydrogens is 368 g/mol. The monoisotopic (exact) mass is 379 g/mol. The van der Waals surface area contributed by atoms with E-state index in [2.05, 4.69) is 27.1 Å². The van der Waals surface area contributed by atoms with Crippen molar-refractivity contribution in [3.63, 3.8) is 0 Å². The standard InChI is InChI=1S/C10H11IN3O3P/c11-18-13-9-2-1-7(14(15)16)3-8(9)10(12)6-4-17-5-6/h1-3,6,12-13,18H,4-5H2. The van der Waals surface area contributed by atoms with E-state index in [0.29, 0.717) is 30.9 Å². The zero-order chi connectivity index (χ0) is 13.1. The molecule has 1 aliphatic heterocycles. The fourth-order valence-corrected chi connectivity index (χ4v) is 2.84. The highest BCUT2D eigenvalue weighted by Gasteiger charge is 2.27. The van der Waals surface area contributed by atoms with Crippen LogP contribution in [-0.4, -0.2) is 23.8 Å². The number of anilines is 1. The van der Waals surface area contributed by atoms with Crippen molar-refractivity contribution in [3.8, 4) is 0 Å². The maximum absolute atomic E-state index is 10.8. The van der Waals surface area contributed by atoms with E-state index in [0.717, 1.165) is 5.69 Å². The molecule has 0 aromatic heterocycles. The van der Waals surface area contributed by atoms with Gasteiger partial charge in [-0.25, -0.2) is 0 Å². The number of nitrogens with one attached hydrogen (secondary N) is 2. The van der Waals surface area contributed by atoms with Gasteiger partial charge in [0.1, 0.15) is 0 Å². The summed E-state index contributed by atoms with van der Waals surface area (Å²) in [5.41, 5.74) is 1.78. The smallest absolute Gasteiger partial charge is 0.270 e. The van der Waals surface area contributed by atoms with Crippen LogP contribution in [0.2, 0.25) is 0 Å². The van der Waals surface area contributed by atoms with Gasteiger partial charge in [-0.1, -0.05) is 0 Å². The number of ether oxygens (including phenoxy) is 1. The Morgan fingerprint density at radius 1 is 1.61 bits per heavy atom. The van der Waals surface area contributed by atoms with Gasteiger partial charge < -0.3 is 15.2 Å². The predicted molar refractivity (Wildman–Crippen MR) is 80.2 cm³/mol. The van der Waals surface area contributed by atoms with Crippen LogP contribution in [0.4, 0.5) is 11.4 Å². The lowest BCUT2D eigenvalue weighted by molar-refractivity contribution is -0.384. The lowest BCUT2D eigenvalue weighted by Gasteiger charge is -2.27. The minimum atomic E-state index is -0.440.